The van der Waals surface area contributed by atoms with Gasteiger partial charge >= 0.3 is 0 Å². The number of ether oxygens (including phenoxy) is 1. The summed E-state index contributed by atoms with van der Waals surface area (Å²) in [4.78, 5) is 25.6. The Hall–Kier alpha value is -1.72. The van der Waals surface area contributed by atoms with Gasteiger partial charge in [0.05, 0.1) is 24.8 Å². The van der Waals surface area contributed by atoms with Crippen molar-refractivity contribution in [1.29, 1.82) is 0 Å². The Bertz CT molecular complexity index is 483. The lowest BCUT2D eigenvalue weighted by Gasteiger charge is -2.17. The van der Waals surface area contributed by atoms with Crippen LogP contribution in [0.2, 0.25) is 0 Å². The van der Waals surface area contributed by atoms with E-state index >= 15 is 0 Å². The molecule has 3 rings (SSSR count). The lowest BCUT2D eigenvalue weighted by Crippen LogP contribution is -2.44. The molecule has 2 atom stereocenters. The number of amides is 2. The zero-order valence-corrected chi connectivity index (χ0v) is 10.5. The Morgan fingerprint density at radius 3 is 2.68 bits per heavy atom. The molecule has 0 saturated carbocycles. The fourth-order valence-corrected chi connectivity index (χ4v) is 2.56. The number of nitrogens with zero attached hydrogens (tertiary/aromatic N) is 1. The minimum Gasteiger partial charge on any atom is -0.380 e. The number of hydrogen-bond acceptors (Lipinski definition) is 4. The van der Waals surface area contributed by atoms with Crippen LogP contribution in [0.15, 0.2) is 30.3 Å². The molecule has 1 N–H and O–H groups in total. The first-order chi connectivity index (χ1) is 9.25. The van der Waals surface area contributed by atoms with E-state index in [0.717, 1.165) is 13.0 Å². The minimum absolute atomic E-state index is 0.146. The third-order valence-electron chi connectivity index (χ3n) is 3.53. The molecule has 2 aliphatic rings. The maximum absolute atomic E-state index is 12.3. The molecule has 100 valence electrons. The van der Waals surface area contributed by atoms with E-state index in [1.54, 1.807) is 12.1 Å². The van der Waals surface area contributed by atoms with E-state index in [1.807, 2.05) is 18.2 Å². The summed E-state index contributed by atoms with van der Waals surface area (Å²) in [7, 11) is 0. The number of para-hydroxylation sites is 1. The summed E-state index contributed by atoms with van der Waals surface area (Å²) < 4.78 is 5.27. The van der Waals surface area contributed by atoms with Gasteiger partial charge in [0.2, 0.25) is 5.91 Å². The second-order valence-corrected chi connectivity index (χ2v) is 4.89. The summed E-state index contributed by atoms with van der Waals surface area (Å²) in [5.41, 5.74) is 0.643. The molecule has 2 amide bonds. The number of hydrogen-bond donors (Lipinski definition) is 1. The summed E-state index contributed by atoms with van der Waals surface area (Å²) in [6.07, 6.45) is 1.12. The van der Waals surface area contributed by atoms with Crippen LogP contribution in [0.1, 0.15) is 12.8 Å². The van der Waals surface area contributed by atoms with Gasteiger partial charge in [-0.05, 0) is 18.6 Å². The number of carbonyl (C=O) groups excluding carboxylic acids is 2. The molecular formula is C14H16N2O3. The number of anilines is 1. The van der Waals surface area contributed by atoms with E-state index in [2.05, 4.69) is 5.32 Å². The molecule has 0 bridgehead atoms. The molecule has 0 spiro atoms. The summed E-state index contributed by atoms with van der Waals surface area (Å²) in [5, 5.41) is 3.22. The first kappa shape index (κ1) is 12.3. The van der Waals surface area contributed by atoms with Crippen molar-refractivity contribution in [1.82, 2.24) is 5.32 Å². The Kier molecular flexibility index (Phi) is 3.31. The Morgan fingerprint density at radius 1 is 1.21 bits per heavy atom. The Morgan fingerprint density at radius 2 is 2.00 bits per heavy atom. The van der Waals surface area contributed by atoms with Gasteiger partial charge in [0.15, 0.2) is 0 Å². The summed E-state index contributed by atoms with van der Waals surface area (Å²) in [6.45, 7) is 1.33. The van der Waals surface area contributed by atoms with Crippen LogP contribution in [0.4, 0.5) is 5.69 Å². The van der Waals surface area contributed by atoms with Crippen molar-refractivity contribution < 1.29 is 14.3 Å². The number of rotatable bonds is 3. The summed E-state index contributed by atoms with van der Waals surface area (Å²) in [5.74, 6) is -0.310. The highest BCUT2D eigenvalue weighted by molar-refractivity contribution is 6.22. The third-order valence-corrected chi connectivity index (χ3v) is 3.53. The Balaban J connectivity index is 1.74. The minimum atomic E-state index is -0.417. The lowest BCUT2D eigenvalue weighted by molar-refractivity contribution is -0.121. The average Bonchev–Trinajstić information content (AvgIpc) is 3.01. The van der Waals surface area contributed by atoms with E-state index in [4.69, 9.17) is 4.74 Å². The van der Waals surface area contributed by atoms with E-state index < -0.39 is 6.04 Å². The highest BCUT2D eigenvalue weighted by Crippen LogP contribution is 2.23. The summed E-state index contributed by atoms with van der Waals surface area (Å²) >= 11 is 0. The molecular weight excluding hydrogens is 244 g/mol. The van der Waals surface area contributed by atoms with E-state index in [0.29, 0.717) is 12.3 Å². The molecule has 0 aliphatic carbocycles. The molecule has 19 heavy (non-hydrogen) atoms. The fraction of sp³-hybridized carbons (Fsp3) is 0.429. The molecule has 2 fully saturated rings. The van der Waals surface area contributed by atoms with E-state index in [1.165, 1.54) is 4.90 Å². The molecule has 2 aliphatic heterocycles. The quantitative estimate of drug-likeness (QED) is 0.813. The molecule has 1 aromatic carbocycles. The molecule has 0 aromatic heterocycles. The topological polar surface area (TPSA) is 58.6 Å². The summed E-state index contributed by atoms with van der Waals surface area (Å²) in [6, 6.07) is 8.81. The number of nitrogens with one attached hydrogen (secondary N) is 1. The third kappa shape index (κ3) is 2.39. The zero-order valence-electron chi connectivity index (χ0n) is 10.5. The average molecular weight is 260 g/mol. The van der Waals surface area contributed by atoms with Crippen molar-refractivity contribution in [2.45, 2.75) is 24.9 Å². The number of carbonyl (C=O) groups is 2. The normalized spacial score (nSPS) is 27.3. The van der Waals surface area contributed by atoms with Crippen molar-refractivity contribution in [3.63, 3.8) is 0 Å². The van der Waals surface area contributed by atoms with Crippen LogP contribution in [0.25, 0.3) is 0 Å². The zero-order chi connectivity index (χ0) is 13.2. The van der Waals surface area contributed by atoms with E-state index in [9.17, 15) is 9.59 Å². The van der Waals surface area contributed by atoms with Gasteiger partial charge in [0.1, 0.15) is 0 Å². The first-order valence-electron chi connectivity index (χ1n) is 6.51. The van der Waals surface area contributed by atoms with Gasteiger partial charge in [-0.3, -0.25) is 9.59 Å². The maximum Gasteiger partial charge on any atom is 0.251 e. The Labute approximate surface area is 111 Å². The second-order valence-electron chi connectivity index (χ2n) is 4.89. The van der Waals surface area contributed by atoms with Crippen LogP contribution in [0, 0.1) is 0 Å². The van der Waals surface area contributed by atoms with Crippen molar-refractivity contribution in [3.05, 3.63) is 30.3 Å². The smallest absolute Gasteiger partial charge is 0.251 e. The van der Waals surface area contributed by atoms with Gasteiger partial charge in [-0.2, -0.15) is 0 Å². The van der Waals surface area contributed by atoms with Crippen molar-refractivity contribution in [2.24, 2.45) is 0 Å². The predicted molar refractivity (Wildman–Crippen MR) is 69.7 cm³/mol. The molecule has 2 heterocycles. The van der Waals surface area contributed by atoms with Crippen LogP contribution in [0.3, 0.4) is 0 Å². The molecule has 2 saturated heterocycles. The number of benzene rings is 1. The van der Waals surface area contributed by atoms with Crippen LogP contribution in [0.5, 0.6) is 0 Å². The SMILES string of the molecule is O=C1CC(NC2CCOC2)C(=O)N1c1ccccc1. The van der Waals surface area contributed by atoms with Gasteiger partial charge in [-0.1, -0.05) is 18.2 Å². The number of imide groups is 1. The van der Waals surface area contributed by atoms with Gasteiger partial charge in [0.25, 0.3) is 5.91 Å². The predicted octanol–water partition coefficient (Wildman–Crippen LogP) is 0.697. The molecule has 2 unspecified atom stereocenters. The largest absolute Gasteiger partial charge is 0.380 e. The molecule has 5 nitrogen and oxygen atoms in total. The van der Waals surface area contributed by atoms with Gasteiger partial charge < -0.3 is 10.1 Å². The van der Waals surface area contributed by atoms with Crippen molar-refractivity contribution >= 4 is 17.5 Å². The highest BCUT2D eigenvalue weighted by Gasteiger charge is 2.40. The maximum atomic E-state index is 12.3. The monoisotopic (exact) mass is 260 g/mol. The van der Waals surface area contributed by atoms with Gasteiger partial charge in [0, 0.05) is 12.6 Å². The first-order valence-corrected chi connectivity index (χ1v) is 6.51. The second kappa shape index (κ2) is 5.11. The van der Waals surface area contributed by atoms with Crippen LogP contribution < -0.4 is 10.2 Å². The lowest BCUT2D eigenvalue weighted by atomic mass is 10.2. The molecule has 5 heteroatoms. The van der Waals surface area contributed by atoms with E-state index in [-0.39, 0.29) is 24.3 Å². The van der Waals surface area contributed by atoms with Gasteiger partial charge in [-0.15, -0.1) is 0 Å². The molecule has 0 radical (unpaired) electrons. The van der Waals surface area contributed by atoms with Crippen LogP contribution >= 0.6 is 0 Å². The highest BCUT2D eigenvalue weighted by atomic mass is 16.5. The van der Waals surface area contributed by atoms with Crippen molar-refractivity contribution in [3.8, 4) is 0 Å². The molecule has 1 aromatic rings. The fourth-order valence-electron chi connectivity index (χ4n) is 2.56. The van der Waals surface area contributed by atoms with Crippen LogP contribution in [-0.2, 0) is 14.3 Å². The standard InChI is InChI=1S/C14H16N2O3/c17-13-8-12(15-10-6-7-19-9-10)14(18)16(13)11-4-2-1-3-5-11/h1-5,10,12,15H,6-9H2. The van der Waals surface area contributed by atoms with Crippen molar-refractivity contribution in [2.75, 3.05) is 18.1 Å². The van der Waals surface area contributed by atoms with Gasteiger partial charge in [-0.25, -0.2) is 4.90 Å². The van der Waals surface area contributed by atoms with Crippen LogP contribution in [-0.4, -0.2) is 37.1 Å².